The van der Waals surface area contributed by atoms with E-state index in [0.29, 0.717) is 12.0 Å². The van der Waals surface area contributed by atoms with Crippen LogP contribution in [0.5, 0.6) is 0 Å². The van der Waals surface area contributed by atoms with E-state index >= 15 is 0 Å². The number of hydrogen-bond donors (Lipinski definition) is 1. The van der Waals surface area contributed by atoms with Gasteiger partial charge in [0.05, 0.1) is 10.9 Å². The van der Waals surface area contributed by atoms with Gasteiger partial charge in [-0.3, -0.25) is 4.79 Å². The highest BCUT2D eigenvalue weighted by molar-refractivity contribution is 6.30. The van der Waals surface area contributed by atoms with E-state index in [2.05, 4.69) is 0 Å². The summed E-state index contributed by atoms with van der Waals surface area (Å²) in [7, 11) is 0. The van der Waals surface area contributed by atoms with E-state index < -0.39 is 17.7 Å². The van der Waals surface area contributed by atoms with Crippen molar-refractivity contribution >= 4 is 17.6 Å². The summed E-state index contributed by atoms with van der Waals surface area (Å²) in [6.07, 6.45) is 0.356. The van der Waals surface area contributed by atoms with E-state index in [-0.39, 0.29) is 10.9 Å². The maximum absolute atomic E-state index is 13.7. The molecule has 2 nitrogen and oxygen atoms in total. The van der Waals surface area contributed by atoms with E-state index in [1.54, 1.807) is 13.0 Å². The van der Waals surface area contributed by atoms with Gasteiger partial charge in [0.1, 0.15) is 5.82 Å². The molecule has 0 spiro atoms. The lowest BCUT2D eigenvalue weighted by atomic mass is 9.95. The zero-order valence-corrected chi connectivity index (χ0v) is 10.9. The molecule has 0 aromatic heterocycles. The Morgan fingerprint density at radius 3 is 2.47 bits per heavy atom. The Hall–Kier alpha value is -1.09. The Labute approximate surface area is 105 Å². The van der Waals surface area contributed by atoms with Crippen molar-refractivity contribution in [1.82, 2.24) is 0 Å². The molecular weight excluding hydrogens is 243 g/mol. The zero-order chi connectivity index (χ0) is 13.2. The molecule has 0 saturated carbocycles. The zero-order valence-electron chi connectivity index (χ0n) is 10.1. The van der Waals surface area contributed by atoms with Gasteiger partial charge < -0.3 is 5.11 Å². The summed E-state index contributed by atoms with van der Waals surface area (Å²) in [4.78, 5) is 10.8. The number of carboxylic acids is 1. The first kappa shape index (κ1) is 14.0. The van der Waals surface area contributed by atoms with Crippen LogP contribution in [0.1, 0.15) is 37.8 Å². The Morgan fingerprint density at radius 2 is 2.00 bits per heavy atom. The minimum atomic E-state index is -0.864. The van der Waals surface area contributed by atoms with Gasteiger partial charge in [0.15, 0.2) is 0 Å². The Morgan fingerprint density at radius 1 is 1.41 bits per heavy atom. The van der Waals surface area contributed by atoms with Crippen molar-refractivity contribution in [3.05, 3.63) is 34.1 Å². The van der Waals surface area contributed by atoms with Crippen LogP contribution in [0.25, 0.3) is 0 Å². The molecule has 0 bridgehead atoms. The third-order valence-electron chi connectivity index (χ3n) is 2.70. The summed E-state index contributed by atoms with van der Waals surface area (Å²) in [6.45, 7) is 5.37. The largest absolute Gasteiger partial charge is 0.481 e. The van der Waals surface area contributed by atoms with Crippen LogP contribution in [-0.4, -0.2) is 11.1 Å². The number of carboxylic acid groups (broad SMARTS) is 1. The monoisotopic (exact) mass is 258 g/mol. The SMILES string of the molecule is CC(Cc1cc(Cl)c(F)c(C(C)C)c1)C(=O)O. The van der Waals surface area contributed by atoms with Crippen molar-refractivity contribution in [2.24, 2.45) is 5.92 Å². The highest BCUT2D eigenvalue weighted by Crippen LogP contribution is 2.27. The molecule has 1 unspecified atom stereocenters. The first-order chi connectivity index (χ1) is 7.82. The summed E-state index contributed by atoms with van der Waals surface area (Å²) in [5.74, 6) is -1.76. The molecule has 0 amide bonds. The quantitative estimate of drug-likeness (QED) is 0.890. The third-order valence-corrected chi connectivity index (χ3v) is 2.98. The molecule has 1 aromatic rings. The minimum absolute atomic E-state index is 0.0209. The maximum atomic E-state index is 13.7. The van der Waals surface area contributed by atoms with E-state index in [1.807, 2.05) is 13.8 Å². The van der Waals surface area contributed by atoms with Crippen molar-refractivity contribution in [2.75, 3.05) is 0 Å². The first-order valence-corrected chi connectivity index (χ1v) is 5.91. The second-order valence-corrected chi connectivity index (χ2v) is 4.99. The third kappa shape index (κ3) is 3.43. The lowest BCUT2D eigenvalue weighted by Gasteiger charge is -2.13. The fourth-order valence-corrected chi connectivity index (χ4v) is 1.90. The summed E-state index contributed by atoms with van der Waals surface area (Å²) in [5, 5.41) is 8.90. The molecule has 0 aliphatic carbocycles. The van der Waals surface area contributed by atoms with Gasteiger partial charge in [0.25, 0.3) is 0 Å². The predicted octanol–water partition coefficient (Wildman–Crippen LogP) is 3.87. The molecular formula is C13H16ClFO2. The highest BCUT2D eigenvalue weighted by Gasteiger charge is 2.16. The van der Waals surface area contributed by atoms with Crippen LogP contribution in [-0.2, 0) is 11.2 Å². The normalized spacial score (nSPS) is 12.8. The average molecular weight is 259 g/mol. The predicted molar refractivity (Wildman–Crippen MR) is 66.0 cm³/mol. The average Bonchev–Trinajstić information content (AvgIpc) is 2.22. The molecule has 4 heteroatoms. The number of rotatable bonds is 4. The van der Waals surface area contributed by atoms with E-state index in [4.69, 9.17) is 16.7 Å². The molecule has 1 atom stereocenters. The topological polar surface area (TPSA) is 37.3 Å². The maximum Gasteiger partial charge on any atom is 0.306 e. The molecule has 1 aromatic carbocycles. The van der Waals surface area contributed by atoms with Crippen LogP contribution >= 0.6 is 11.6 Å². The van der Waals surface area contributed by atoms with Crippen molar-refractivity contribution in [1.29, 1.82) is 0 Å². The molecule has 0 radical (unpaired) electrons. The van der Waals surface area contributed by atoms with Crippen molar-refractivity contribution < 1.29 is 14.3 Å². The van der Waals surface area contributed by atoms with E-state index in [1.165, 1.54) is 6.07 Å². The number of aliphatic carboxylic acids is 1. The van der Waals surface area contributed by atoms with Crippen molar-refractivity contribution in [3.8, 4) is 0 Å². The number of benzene rings is 1. The number of hydrogen-bond acceptors (Lipinski definition) is 1. The smallest absolute Gasteiger partial charge is 0.306 e. The minimum Gasteiger partial charge on any atom is -0.481 e. The van der Waals surface area contributed by atoms with Gasteiger partial charge in [-0.1, -0.05) is 38.4 Å². The summed E-state index contributed by atoms with van der Waals surface area (Å²) >= 11 is 5.80. The van der Waals surface area contributed by atoms with Crippen LogP contribution in [0, 0.1) is 11.7 Å². The molecule has 0 heterocycles. The first-order valence-electron chi connectivity index (χ1n) is 5.53. The number of carbonyl (C=O) groups is 1. The molecule has 0 fully saturated rings. The fraction of sp³-hybridized carbons (Fsp3) is 0.462. The van der Waals surface area contributed by atoms with Crippen molar-refractivity contribution in [2.45, 2.75) is 33.1 Å². The molecule has 17 heavy (non-hydrogen) atoms. The van der Waals surface area contributed by atoms with Crippen LogP contribution in [0.3, 0.4) is 0 Å². The Bertz CT molecular complexity index is 430. The van der Waals surface area contributed by atoms with Gasteiger partial charge >= 0.3 is 5.97 Å². The molecule has 1 rings (SSSR count). The van der Waals surface area contributed by atoms with Gasteiger partial charge in [-0.2, -0.15) is 0 Å². The van der Waals surface area contributed by atoms with Crippen LogP contribution in [0.4, 0.5) is 4.39 Å². The summed E-state index contributed by atoms with van der Waals surface area (Å²) in [5.41, 5.74) is 1.29. The molecule has 94 valence electrons. The molecule has 0 aliphatic rings. The Balaban J connectivity index is 3.06. The molecule has 0 aliphatic heterocycles. The lowest BCUT2D eigenvalue weighted by molar-refractivity contribution is -0.141. The Kier molecular flexibility index (Phi) is 4.52. The lowest BCUT2D eigenvalue weighted by Crippen LogP contribution is -2.12. The van der Waals surface area contributed by atoms with E-state index in [9.17, 15) is 9.18 Å². The van der Waals surface area contributed by atoms with Crippen LogP contribution in [0.2, 0.25) is 5.02 Å². The van der Waals surface area contributed by atoms with Gasteiger partial charge in [-0.05, 0) is 29.5 Å². The van der Waals surface area contributed by atoms with Crippen LogP contribution < -0.4 is 0 Å². The van der Waals surface area contributed by atoms with Gasteiger partial charge in [0, 0.05) is 0 Å². The number of halogens is 2. The highest BCUT2D eigenvalue weighted by atomic mass is 35.5. The van der Waals surface area contributed by atoms with Crippen LogP contribution in [0.15, 0.2) is 12.1 Å². The summed E-state index contributed by atoms with van der Waals surface area (Å²) in [6, 6.07) is 3.20. The second-order valence-electron chi connectivity index (χ2n) is 4.58. The molecule has 1 N–H and O–H groups in total. The van der Waals surface area contributed by atoms with Crippen molar-refractivity contribution in [3.63, 3.8) is 0 Å². The van der Waals surface area contributed by atoms with Gasteiger partial charge in [-0.25, -0.2) is 4.39 Å². The van der Waals surface area contributed by atoms with Gasteiger partial charge in [-0.15, -0.1) is 0 Å². The van der Waals surface area contributed by atoms with E-state index in [0.717, 1.165) is 5.56 Å². The second kappa shape index (κ2) is 5.50. The summed E-state index contributed by atoms with van der Waals surface area (Å²) < 4.78 is 13.7. The standard InChI is InChI=1S/C13H16ClFO2/c1-7(2)10-5-9(4-8(3)13(16)17)6-11(14)12(10)15/h5-8H,4H2,1-3H3,(H,16,17). The molecule has 0 saturated heterocycles. The fourth-order valence-electron chi connectivity index (χ4n) is 1.65. The van der Waals surface area contributed by atoms with Gasteiger partial charge in [0.2, 0.25) is 0 Å².